The van der Waals surface area contributed by atoms with Crippen LogP contribution in [0, 0.1) is 0 Å². The third kappa shape index (κ3) is 1.25. The molecule has 12 heavy (non-hydrogen) atoms. The smallest absolute Gasteiger partial charge is 0.0536 e. The maximum Gasteiger partial charge on any atom is 0.0536 e. The van der Waals surface area contributed by atoms with Crippen molar-refractivity contribution < 1.29 is 0 Å². The first-order valence-corrected chi connectivity index (χ1v) is 5.80. The first-order valence-electron chi connectivity index (χ1n) is 4.07. The van der Waals surface area contributed by atoms with Gasteiger partial charge in [-0.2, -0.15) is 11.8 Å². The fourth-order valence-electron chi connectivity index (χ4n) is 1.78. The lowest BCUT2D eigenvalue weighted by atomic mass is 10.1. The molecular weight excluding hydrogens is 188 g/mol. The molecule has 0 spiro atoms. The molecule has 0 aromatic heterocycles. The number of rotatable bonds is 1. The minimum absolute atomic E-state index is 0.289. The van der Waals surface area contributed by atoms with Crippen molar-refractivity contribution >= 4 is 23.4 Å². The predicted octanol–water partition coefficient (Wildman–Crippen LogP) is 3.25. The van der Waals surface area contributed by atoms with Crippen LogP contribution in [0.4, 0.5) is 0 Å². The van der Waals surface area contributed by atoms with Crippen LogP contribution in [0.25, 0.3) is 0 Å². The van der Waals surface area contributed by atoms with Crippen molar-refractivity contribution in [1.82, 2.24) is 0 Å². The molecule has 1 aliphatic rings. The lowest BCUT2D eigenvalue weighted by Gasteiger charge is -2.10. The first kappa shape index (κ1) is 8.46. The molecule has 0 bridgehead atoms. The van der Waals surface area contributed by atoms with E-state index in [4.69, 9.17) is 11.6 Å². The second-order valence-corrected chi connectivity index (χ2v) is 4.62. The number of fused-ring (bicyclic) bond motifs is 1. The summed E-state index contributed by atoms with van der Waals surface area (Å²) in [6, 6.07) is 8.56. The summed E-state index contributed by atoms with van der Waals surface area (Å²) >= 11 is 8.07. The van der Waals surface area contributed by atoms with Gasteiger partial charge >= 0.3 is 0 Å². The summed E-state index contributed by atoms with van der Waals surface area (Å²) in [5.41, 5.74) is 2.86. The van der Waals surface area contributed by atoms with E-state index >= 15 is 0 Å². The van der Waals surface area contributed by atoms with E-state index in [1.54, 1.807) is 0 Å². The molecule has 0 radical (unpaired) electrons. The number of hydrogen-bond donors (Lipinski definition) is 0. The molecule has 2 heteroatoms. The maximum atomic E-state index is 6.22. The zero-order valence-electron chi connectivity index (χ0n) is 6.96. The molecule has 0 fully saturated rings. The third-order valence-corrected chi connectivity index (χ3v) is 4.00. The van der Waals surface area contributed by atoms with Gasteiger partial charge in [-0.25, -0.2) is 0 Å². The normalized spacial score (nSPS) is 27.2. The SMILES string of the molecule is CSC1c2ccccc2CC1Cl. The molecule has 1 aromatic rings. The van der Waals surface area contributed by atoms with Gasteiger partial charge in [-0.15, -0.1) is 11.6 Å². The first-order chi connectivity index (χ1) is 5.83. The van der Waals surface area contributed by atoms with Crippen molar-refractivity contribution in [3.05, 3.63) is 35.4 Å². The fourth-order valence-corrected chi connectivity index (χ4v) is 3.27. The van der Waals surface area contributed by atoms with E-state index in [0.29, 0.717) is 5.25 Å². The van der Waals surface area contributed by atoms with Crippen molar-refractivity contribution in [1.29, 1.82) is 0 Å². The second kappa shape index (κ2) is 3.31. The average Bonchev–Trinajstić information content (AvgIpc) is 2.40. The molecule has 2 unspecified atom stereocenters. The molecule has 0 N–H and O–H groups in total. The topological polar surface area (TPSA) is 0 Å². The largest absolute Gasteiger partial charge is 0.156 e. The van der Waals surface area contributed by atoms with Gasteiger partial charge in [0.15, 0.2) is 0 Å². The van der Waals surface area contributed by atoms with Gasteiger partial charge in [-0.05, 0) is 23.8 Å². The van der Waals surface area contributed by atoms with Crippen LogP contribution in [0.5, 0.6) is 0 Å². The minimum Gasteiger partial charge on any atom is -0.156 e. The minimum atomic E-state index is 0.289. The molecule has 64 valence electrons. The molecule has 0 amide bonds. The number of halogens is 1. The molecule has 0 aliphatic heterocycles. The Hall–Kier alpha value is -0.140. The zero-order valence-corrected chi connectivity index (χ0v) is 8.53. The molecule has 0 saturated carbocycles. The summed E-state index contributed by atoms with van der Waals surface area (Å²) < 4.78 is 0. The van der Waals surface area contributed by atoms with E-state index in [9.17, 15) is 0 Å². The van der Waals surface area contributed by atoms with Crippen LogP contribution in [-0.4, -0.2) is 11.6 Å². The summed E-state index contributed by atoms with van der Waals surface area (Å²) in [5.74, 6) is 0. The molecule has 2 rings (SSSR count). The van der Waals surface area contributed by atoms with Gasteiger partial charge in [0.25, 0.3) is 0 Å². The number of benzene rings is 1. The summed E-state index contributed by atoms with van der Waals surface area (Å²) in [4.78, 5) is 0. The Balaban J connectivity index is 2.40. The van der Waals surface area contributed by atoms with E-state index < -0.39 is 0 Å². The Morgan fingerprint density at radius 3 is 2.92 bits per heavy atom. The Labute approximate surface area is 82.3 Å². The summed E-state index contributed by atoms with van der Waals surface area (Å²) in [6.45, 7) is 0. The molecule has 2 atom stereocenters. The molecule has 0 heterocycles. The highest BCUT2D eigenvalue weighted by Crippen LogP contribution is 2.42. The Morgan fingerprint density at radius 1 is 1.42 bits per heavy atom. The van der Waals surface area contributed by atoms with Gasteiger partial charge in [-0.3, -0.25) is 0 Å². The van der Waals surface area contributed by atoms with Gasteiger partial charge in [0, 0.05) is 5.25 Å². The van der Waals surface area contributed by atoms with Crippen LogP contribution in [0.15, 0.2) is 24.3 Å². The maximum absolute atomic E-state index is 6.22. The Kier molecular flexibility index (Phi) is 2.33. The predicted molar refractivity (Wildman–Crippen MR) is 56.0 cm³/mol. The quantitative estimate of drug-likeness (QED) is 0.625. The lowest BCUT2D eigenvalue weighted by molar-refractivity contribution is 0.904. The van der Waals surface area contributed by atoms with Gasteiger partial charge < -0.3 is 0 Å². The van der Waals surface area contributed by atoms with Gasteiger partial charge in [0.1, 0.15) is 0 Å². The summed E-state index contributed by atoms with van der Waals surface area (Å²) in [7, 11) is 0. The van der Waals surface area contributed by atoms with Crippen LogP contribution in [-0.2, 0) is 6.42 Å². The monoisotopic (exact) mass is 198 g/mol. The third-order valence-electron chi connectivity index (χ3n) is 2.36. The number of alkyl halides is 1. The standard InChI is InChI=1S/C10H11ClS/c1-12-10-8-5-3-2-4-7(8)6-9(10)11/h2-5,9-10H,6H2,1H3. The molecule has 0 saturated heterocycles. The highest BCUT2D eigenvalue weighted by atomic mass is 35.5. The highest BCUT2D eigenvalue weighted by Gasteiger charge is 2.29. The van der Waals surface area contributed by atoms with Gasteiger partial charge in [-0.1, -0.05) is 24.3 Å². The van der Waals surface area contributed by atoms with E-state index in [1.807, 2.05) is 11.8 Å². The average molecular weight is 199 g/mol. The van der Waals surface area contributed by atoms with E-state index in [-0.39, 0.29) is 5.38 Å². The van der Waals surface area contributed by atoms with Crippen molar-refractivity contribution in [2.45, 2.75) is 17.0 Å². The van der Waals surface area contributed by atoms with Crippen LogP contribution in [0.3, 0.4) is 0 Å². The van der Waals surface area contributed by atoms with Crippen LogP contribution in [0.2, 0.25) is 0 Å². The zero-order chi connectivity index (χ0) is 8.55. The van der Waals surface area contributed by atoms with Crippen molar-refractivity contribution in [2.75, 3.05) is 6.26 Å². The van der Waals surface area contributed by atoms with Crippen LogP contribution >= 0.6 is 23.4 Å². The summed E-state index contributed by atoms with van der Waals surface area (Å²) in [5, 5.41) is 0.792. The lowest BCUT2D eigenvalue weighted by Crippen LogP contribution is -2.01. The highest BCUT2D eigenvalue weighted by molar-refractivity contribution is 7.98. The van der Waals surface area contributed by atoms with Gasteiger partial charge in [0.05, 0.1) is 5.38 Å². The van der Waals surface area contributed by atoms with Crippen molar-refractivity contribution in [3.8, 4) is 0 Å². The van der Waals surface area contributed by atoms with Crippen molar-refractivity contribution in [2.24, 2.45) is 0 Å². The number of hydrogen-bond acceptors (Lipinski definition) is 1. The Bertz CT molecular complexity index is 285. The van der Waals surface area contributed by atoms with Crippen LogP contribution < -0.4 is 0 Å². The fraction of sp³-hybridized carbons (Fsp3) is 0.400. The second-order valence-electron chi connectivity index (χ2n) is 3.08. The van der Waals surface area contributed by atoms with E-state index in [0.717, 1.165) is 6.42 Å². The van der Waals surface area contributed by atoms with Crippen LogP contribution in [0.1, 0.15) is 16.4 Å². The Morgan fingerprint density at radius 2 is 2.17 bits per heavy atom. The molecule has 1 aliphatic carbocycles. The van der Waals surface area contributed by atoms with E-state index in [2.05, 4.69) is 30.5 Å². The van der Waals surface area contributed by atoms with E-state index in [1.165, 1.54) is 11.1 Å². The molecule has 1 aromatic carbocycles. The summed E-state index contributed by atoms with van der Waals surface area (Å²) in [6.07, 6.45) is 3.16. The van der Waals surface area contributed by atoms with Gasteiger partial charge in [0.2, 0.25) is 0 Å². The molecule has 0 nitrogen and oxygen atoms in total. The van der Waals surface area contributed by atoms with Crippen molar-refractivity contribution in [3.63, 3.8) is 0 Å². The number of thioether (sulfide) groups is 1. The molecular formula is C10H11ClS.